The molecule has 1 aliphatic carbocycles. The van der Waals surface area contributed by atoms with Gasteiger partial charge in [0.25, 0.3) is 0 Å². The molecule has 0 N–H and O–H groups in total. The number of alkyl halides is 3. The van der Waals surface area contributed by atoms with Crippen molar-refractivity contribution >= 4 is 43.8 Å². The molecule has 0 radical (unpaired) electrons. The molecule has 12 heteroatoms. The van der Waals surface area contributed by atoms with Crippen LogP contribution in [0.15, 0.2) is 65.8 Å². The SMILES string of the molecule is CS(=O)(=O)c1cnc2cc(-c3ccc(N(CC(F)(F)F)c4cc(Cl)c(OC5CC5)c(C#N)c4)cc3)ccc2n1. The van der Waals surface area contributed by atoms with Crippen LogP contribution in [0.2, 0.25) is 5.02 Å². The Hall–Kier alpha value is -3.88. The molecule has 0 saturated heterocycles. The van der Waals surface area contributed by atoms with Crippen LogP contribution in [0.3, 0.4) is 0 Å². The molecule has 1 heterocycles. The molecule has 5 rings (SSSR count). The van der Waals surface area contributed by atoms with Crippen LogP contribution in [0, 0.1) is 11.3 Å². The first-order valence-corrected chi connectivity index (χ1v) is 14.0. The van der Waals surface area contributed by atoms with Gasteiger partial charge < -0.3 is 9.64 Å². The molecule has 1 aliphatic rings. The second kappa shape index (κ2) is 10.0. The van der Waals surface area contributed by atoms with E-state index in [9.17, 15) is 26.9 Å². The average Bonchev–Trinajstić information content (AvgIpc) is 3.71. The Morgan fingerprint density at radius 2 is 1.74 bits per heavy atom. The number of fused-ring (bicyclic) bond motifs is 1. The van der Waals surface area contributed by atoms with Gasteiger partial charge in [0, 0.05) is 17.6 Å². The van der Waals surface area contributed by atoms with Crippen molar-refractivity contribution in [1.82, 2.24) is 9.97 Å². The van der Waals surface area contributed by atoms with Gasteiger partial charge in [-0.3, -0.25) is 4.98 Å². The first kappa shape index (κ1) is 26.7. The van der Waals surface area contributed by atoms with Crippen molar-refractivity contribution < 1.29 is 26.3 Å². The standard InChI is InChI=1S/C27H20ClF3N4O3S/c1-39(36,37)25-14-33-24-11-17(4-9-23(24)34-25)16-2-5-19(6-3-16)35(15-27(29,30)31)20-10-18(13-32)26(22(28)12-20)38-21-7-8-21/h2-6,9-12,14,21H,7-8,15H2,1H3. The number of sulfone groups is 1. The lowest BCUT2D eigenvalue weighted by atomic mass is 10.0. The summed E-state index contributed by atoms with van der Waals surface area (Å²) in [4.78, 5) is 9.35. The van der Waals surface area contributed by atoms with E-state index in [2.05, 4.69) is 9.97 Å². The van der Waals surface area contributed by atoms with Crippen molar-refractivity contribution in [2.75, 3.05) is 17.7 Å². The zero-order chi connectivity index (χ0) is 27.9. The molecule has 0 aliphatic heterocycles. The van der Waals surface area contributed by atoms with Gasteiger partial charge in [-0.05, 0) is 60.4 Å². The normalized spacial score (nSPS) is 13.7. The third-order valence-electron chi connectivity index (χ3n) is 6.02. The number of ether oxygens (including phenoxy) is 1. The van der Waals surface area contributed by atoms with Crippen LogP contribution >= 0.6 is 11.6 Å². The van der Waals surface area contributed by atoms with Gasteiger partial charge >= 0.3 is 6.18 Å². The summed E-state index contributed by atoms with van der Waals surface area (Å²) in [5, 5.41) is 9.54. The molecule has 39 heavy (non-hydrogen) atoms. The lowest BCUT2D eigenvalue weighted by Gasteiger charge is -2.27. The highest BCUT2D eigenvalue weighted by Gasteiger charge is 2.33. The Morgan fingerprint density at radius 1 is 1.05 bits per heavy atom. The number of hydrogen-bond acceptors (Lipinski definition) is 7. The number of halogens is 4. The van der Waals surface area contributed by atoms with E-state index >= 15 is 0 Å². The van der Waals surface area contributed by atoms with E-state index in [0.717, 1.165) is 24.0 Å². The summed E-state index contributed by atoms with van der Waals surface area (Å²) in [5.41, 5.74) is 2.69. The Labute approximate surface area is 227 Å². The fraction of sp³-hybridized carbons (Fsp3) is 0.222. The highest BCUT2D eigenvalue weighted by Crippen LogP contribution is 2.40. The van der Waals surface area contributed by atoms with Crippen LogP contribution in [0.5, 0.6) is 5.75 Å². The third-order valence-corrected chi connectivity index (χ3v) is 7.26. The molecular formula is C27H20ClF3N4O3S. The second-order valence-electron chi connectivity index (χ2n) is 9.17. The van der Waals surface area contributed by atoms with Gasteiger partial charge in [-0.1, -0.05) is 29.8 Å². The van der Waals surface area contributed by atoms with Crippen molar-refractivity contribution in [3.05, 3.63) is 71.4 Å². The van der Waals surface area contributed by atoms with Crippen molar-refractivity contribution in [3.8, 4) is 22.9 Å². The predicted molar refractivity (Wildman–Crippen MR) is 141 cm³/mol. The van der Waals surface area contributed by atoms with Gasteiger partial charge in [0.15, 0.2) is 20.6 Å². The van der Waals surface area contributed by atoms with Crippen LogP contribution in [-0.2, 0) is 9.84 Å². The number of benzene rings is 3. The summed E-state index contributed by atoms with van der Waals surface area (Å²) in [6.45, 7) is -1.30. The van der Waals surface area contributed by atoms with Gasteiger partial charge in [-0.15, -0.1) is 0 Å². The molecular weight excluding hydrogens is 553 g/mol. The van der Waals surface area contributed by atoms with Gasteiger partial charge in [-0.25, -0.2) is 13.4 Å². The summed E-state index contributed by atoms with van der Waals surface area (Å²) < 4.78 is 70.0. The largest absolute Gasteiger partial charge is 0.487 e. The molecule has 1 aromatic heterocycles. The number of nitrogens with zero attached hydrogens (tertiary/aromatic N) is 4. The first-order valence-electron chi connectivity index (χ1n) is 11.7. The van der Waals surface area contributed by atoms with Gasteiger partial charge in [0.2, 0.25) is 0 Å². The molecule has 7 nitrogen and oxygen atoms in total. The van der Waals surface area contributed by atoms with E-state index in [0.29, 0.717) is 22.2 Å². The summed E-state index contributed by atoms with van der Waals surface area (Å²) in [7, 11) is -3.51. The minimum absolute atomic E-state index is 0.0397. The second-order valence-corrected chi connectivity index (χ2v) is 11.5. The summed E-state index contributed by atoms with van der Waals surface area (Å²) >= 11 is 6.35. The zero-order valence-corrected chi connectivity index (χ0v) is 22.0. The molecule has 1 fully saturated rings. The minimum Gasteiger partial charge on any atom is -0.487 e. The van der Waals surface area contributed by atoms with Crippen LogP contribution in [0.25, 0.3) is 22.2 Å². The maximum Gasteiger partial charge on any atom is 0.406 e. The Balaban J connectivity index is 1.49. The maximum absolute atomic E-state index is 13.6. The maximum atomic E-state index is 13.6. The molecule has 0 spiro atoms. The zero-order valence-electron chi connectivity index (χ0n) is 20.4. The lowest BCUT2D eigenvalue weighted by Crippen LogP contribution is -2.30. The molecule has 200 valence electrons. The number of nitriles is 1. The van der Waals surface area contributed by atoms with Gasteiger partial charge in [-0.2, -0.15) is 18.4 Å². The number of anilines is 2. The van der Waals surface area contributed by atoms with Gasteiger partial charge in [0.05, 0.1) is 33.9 Å². The third kappa shape index (κ3) is 6.08. The van der Waals surface area contributed by atoms with Crippen molar-refractivity contribution in [1.29, 1.82) is 5.26 Å². The number of aromatic nitrogens is 2. The Morgan fingerprint density at radius 3 is 2.36 bits per heavy atom. The van der Waals surface area contributed by atoms with Crippen molar-refractivity contribution in [3.63, 3.8) is 0 Å². The van der Waals surface area contributed by atoms with Crippen molar-refractivity contribution in [2.24, 2.45) is 0 Å². The van der Waals surface area contributed by atoms with Crippen LogP contribution in [-0.4, -0.2) is 43.5 Å². The topological polar surface area (TPSA) is 96.2 Å². The lowest BCUT2D eigenvalue weighted by molar-refractivity contribution is -0.118. The predicted octanol–water partition coefficient (Wildman–Crippen LogP) is 6.47. The van der Waals surface area contributed by atoms with Crippen LogP contribution < -0.4 is 9.64 Å². The first-order chi connectivity index (χ1) is 18.4. The Bertz CT molecular complexity index is 1720. The van der Waals surface area contributed by atoms with E-state index in [-0.39, 0.29) is 38.8 Å². The average molecular weight is 573 g/mol. The highest BCUT2D eigenvalue weighted by molar-refractivity contribution is 7.90. The van der Waals surface area contributed by atoms with E-state index in [1.807, 2.05) is 6.07 Å². The van der Waals surface area contributed by atoms with Crippen LogP contribution in [0.1, 0.15) is 18.4 Å². The van der Waals surface area contributed by atoms with E-state index in [1.165, 1.54) is 30.5 Å². The fourth-order valence-corrected chi connectivity index (χ4v) is 4.75. The molecule has 0 unspecified atom stereocenters. The molecule has 0 amide bonds. The summed E-state index contributed by atoms with van der Waals surface area (Å²) in [5.74, 6) is 0.177. The quantitative estimate of drug-likeness (QED) is 0.250. The monoisotopic (exact) mass is 572 g/mol. The van der Waals surface area contributed by atoms with E-state index < -0.39 is 22.6 Å². The molecule has 3 aromatic carbocycles. The minimum atomic E-state index is -4.54. The summed E-state index contributed by atoms with van der Waals surface area (Å²) in [6, 6.07) is 16.2. The molecule has 0 atom stereocenters. The number of hydrogen-bond donors (Lipinski definition) is 0. The number of rotatable bonds is 7. The van der Waals surface area contributed by atoms with Gasteiger partial charge in [0.1, 0.15) is 12.6 Å². The molecule has 4 aromatic rings. The van der Waals surface area contributed by atoms with E-state index in [4.69, 9.17) is 16.3 Å². The smallest absolute Gasteiger partial charge is 0.406 e. The van der Waals surface area contributed by atoms with Crippen LogP contribution in [0.4, 0.5) is 24.5 Å². The summed E-state index contributed by atoms with van der Waals surface area (Å²) in [6.07, 6.45) is -0.680. The fourth-order valence-electron chi connectivity index (χ4n) is 3.99. The highest BCUT2D eigenvalue weighted by atomic mass is 35.5. The molecule has 1 saturated carbocycles. The van der Waals surface area contributed by atoms with Crippen molar-refractivity contribution in [2.45, 2.75) is 30.1 Å². The van der Waals surface area contributed by atoms with E-state index in [1.54, 1.807) is 30.3 Å². The molecule has 0 bridgehead atoms. The Kier molecular flexibility index (Phi) is 6.86.